The zero-order valence-corrected chi connectivity index (χ0v) is 19.6. The number of carbonyl (C=O) groups excluding carboxylic acids is 3. The van der Waals surface area contributed by atoms with Crippen molar-refractivity contribution in [3.63, 3.8) is 0 Å². The quantitative estimate of drug-likeness (QED) is 0.443. The number of nitrogens with one attached hydrogen (secondary N) is 1. The van der Waals surface area contributed by atoms with Crippen molar-refractivity contribution in [1.82, 2.24) is 0 Å². The van der Waals surface area contributed by atoms with E-state index in [1.165, 1.54) is 36.4 Å². The Hall–Kier alpha value is -4.17. The zero-order valence-electron chi connectivity index (χ0n) is 18.9. The molecule has 1 amide bonds. The predicted molar refractivity (Wildman–Crippen MR) is 128 cm³/mol. The van der Waals surface area contributed by atoms with Gasteiger partial charge >= 0.3 is 17.9 Å². The van der Waals surface area contributed by atoms with Gasteiger partial charge in [-0.05, 0) is 56.3 Å². The van der Waals surface area contributed by atoms with Crippen LogP contribution in [0.3, 0.4) is 0 Å². The lowest BCUT2D eigenvalue weighted by atomic mass is 10.1. The minimum absolute atomic E-state index is 0.0701. The van der Waals surface area contributed by atoms with E-state index in [9.17, 15) is 24.3 Å². The number of halogens is 1. The molecule has 0 bridgehead atoms. The van der Waals surface area contributed by atoms with Gasteiger partial charge in [0.2, 0.25) is 12.2 Å². The number of rotatable bonds is 8. The molecule has 2 atom stereocenters. The first-order chi connectivity index (χ1) is 16.6. The van der Waals surface area contributed by atoms with Crippen LogP contribution < -0.4 is 5.32 Å². The molecule has 0 saturated heterocycles. The summed E-state index contributed by atoms with van der Waals surface area (Å²) in [4.78, 5) is 50.5. The molecule has 3 rings (SSSR count). The van der Waals surface area contributed by atoms with E-state index in [0.29, 0.717) is 5.02 Å². The van der Waals surface area contributed by atoms with Crippen molar-refractivity contribution in [3.05, 3.63) is 100 Å². The SMILES string of the molecule is Cc1ccc(C(=O)O[C@H](C(=O)O)[C@@H](OC(=O)c2ccc(C)cc2)C(=O)Nc2cccc(Cl)c2)cc1. The number of aliphatic carboxylic acids is 1. The smallest absolute Gasteiger partial charge is 0.349 e. The van der Waals surface area contributed by atoms with Crippen molar-refractivity contribution in [1.29, 1.82) is 0 Å². The molecule has 0 aromatic heterocycles. The van der Waals surface area contributed by atoms with Crippen LogP contribution in [-0.4, -0.2) is 41.1 Å². The first-order valence-electron chi connectivity index (χ1n) is 10.5. The summed E-state index contributed by atoms with van der Waals surface area (Å²) < 4.78 is 10.4. The van der Waals surface area contributed by atoms with Crippen LogP contribution in [0.25, 0.3) is 0 Å². The molecule has 0 heterocycles. The molecule has 0 radical (unpaired) electrons. The maximum Gasteiger partial charge on any atom is 0.349 e. The average Bonchev–Trinajstić information content (AvgIpc) is 2.81. The van der Waals surface area contributed by atoms with E-state index < -0.39 is 36.0 Å². The number of anilines is 1. The van der Waals surface area contributed by atoms with Gasteiger partial charge in [0, 0.05) is 10.7 Å². The Morgan fingerprint density at radius 2 is 1.26 bits per heavy atom. The third kappa shape index (κ3) is 6.91. The molecule has 0 spiro atoms. The van der Waals surface area contributed by atoms with Crippen LogP contribution >= 0.6 is 11.6 Å². The second-order valence-electron chi connectivity index (χ2n) is 7.72. The van der Waals surface area contributed by atoms with Crippen LogP contribution in [0.5, 0.6) is 0 Å². The Kier molecular flexibility index (Phi) is 8.22. The van der Waals surface area contributed by atoms with Crippen LogP contribution in [0.1, 0.15) is 31.8 Å². The van der Waals surface area contributed by atoms with Gasteiger partial charge in [0.1, 0.15) is 0 Å². The molecule has 180 valence electrons. The molecule has 2 N–H and O–H groups in total. The topological polar surface area (TPSA) is 119 Å². The highest BCUT2D eigenvalue weighted by Gasteiger charge is 2.41. The summed E-state index contributed by atoms with van der Waals surface area (Å²) in [7, 11) is 0. The number of carboxylic acids is 1. The summed E-state index contributed by atoms with van der Waals surface area (Å²) in [5.41, 5.74) is 2.15. The maximum atomic E-state index is 13.1. The van der Waals surface area contributed by atoms with Crippen molar-refractivity contribution in [3.8, 4) is 0 Å². The average molecular weight is 496 g/mol. The predicted octanol–water partition coefficient (Wildman–Crippen LogP) is 4.43. The monoisotopic (exact) mass is 495 g/mol. The third-order valence-electron chi connectivity index (χ3n) is 4.91. The van der Waals surface area contributed by atoms with E-state index in [2.05, 4.69) is 5.32 Å². The molecule has 0 aliphatic rings. The fourth-order valence-corrected chi connectivity index (χ4v) is 3.21. The molecule has 0 saturated carbocycles. The lowest BCUT2D eigenvalue weighted by Crippen LogP contribution is -2.48. The molecule has 8 nitrogen and oxygen atoms in total. The van der Waals surface area contributed by atoms with E-state index in [1.54, 1.807) is 36.4 Å². The first-order valence-corrected chi connectivity index (χ1v) is 10.9. The second-order valence-corrected chi connectivity index (χ2v) is 8.16. The van der Waals surface area contributed by atoms with Crippen LogP contribution in [0.15, 0.2) is 72.8 Å². The van der Waals surface area contributed by atoms with Crippen molar-refractivity contribution < 1.29 is 33.8 Å². The lowest BCUT2D eigenvalue weighted by molar-refractivity contribution is -0.157. The van der Waals surface area contributed by atoms with E-state index in [0.717, 1.165) is 11.1 Å². The normalized spacial score (nSPS) is 12.2. The van der Waals surface area contributed by atoms with Crippen molar-refractivity contribution in [2.45, 2.75) is 26.1 Å². The first kappa shape index (κ1) is 25.5. The van der Waals surface area contributed by atoms with E-state index >= 15 is 0 Å². The number of ether oxygens (including phenoxy) is 2. The van der Waals surface area contributed by atoms with Crippen LogP contribution in [0.4, 0.5) is 5.69 Å². The Balaban J connectivity index is 1.90. The van der Waals surface area contributed by atoms with E-state index in [4.69, 9.17) is 21.1 Å². The summed E-state index contributed by atoms with van der Waals surface area (Å²) in [6.07, 6.45) is -4.13. The Morgan fingerprint density at radius 3 is 1.71 bits per heavy atom. The zero-order chi connectivity index (χ0) is 25.5. The fourth-order valence-electron chi connectivity index (χ4n) is 3.02. The highest BCUT2D eigenvalue weighted by Crippen LogP contribution is 2.19. The maximum absolute atomic E-state index is 13.1. The Morgan fingerprint density at radius 1 is 0.771 bits per heavy atom. The number of benzene rings is 3. The fraction of sp³-hybridized carbons (Fsp3) is 0.154. The number of esters is 2. The largest absolute Gasteiger partial charge is 0.478 e. The number of amides is 1. The number of carboxylic acid groups (broad SMARTS) is 1. The minimum Gasteiger partial charge on any atom is -0.478 e. The standard InChI is InChI=1S/C26H22ClNO7/c1-15-6-10-17(11-7-15)25(32)34-21(23(29)28-20-5-3-4-19(27)14-20)22(24(30)31)35-26(33)18-12-8-16(2)9-13-18/h3-14,21-22H,1-2H3,(H,28,29)(H,30,31)/t21-,22+/m1/s1. The van der Waals surface area contributed by atoms with Gasteiger partial charge in [-0.1, -0.05) is 53.1 Å². The van der Waals surface area contributed by atoms with Crippen molar-refractivity contribution >= 4 is 41.1 Å². The van der Waals surface area contributed by atoms with Gasteiger partial charge < -0.3 is 19.9 Å². The summed E-state index contributed by atoms with van der Waals surface area (Å²) in [6.45, 7) is 3.64. The molecule has 9 heteroatoms. The molecule has 0 fully saturated rings. The van der Waals surface area contributed by atoms with Crippen LogP contribution in [0.2, 0.25) is 5.02 Å². The number of hydrogen-bond acceptors (Lipinski definition) is 6. The van der Waals surface area contributed by atoms with Crippen LogP contribution in [-0.2, 0) is 19.1 Å². The van der Waals surface area contributed by atoms with Crippen molar-refractivity contribution in [2.75, 3.05) is 5.32 Å². The second kappa shape index (κ2) is 11.3. The lowest BCUT2D eigenvalue weighted by Gasteiger charge is -2.23. The van der Waals surface area contributed by atoms with Gasteiger partial charge in [-0.3, -0.25) is 4.79 Å². The number of aryl methyl sites for hydroxylation is 2. The van der Waals surface area contributed by atoms with Crippen LogP contribution in [0, 0.1) is 13.8 Å². The minimum atomic E-state index is -2.13. The molecule has 0 unspecified atom stereocenters. The molecule has 3 aromatic carbocycles. The summed E-state index contributed by atoms with van der Waals surface area (Å²) in [5.74, 6) is -4.65. The summed E-state index contributed by atoms with van der Waals surface area (Å²) in [5, 5.41) is 12.6. The number of carbonyl (C=O) groups is 4. The molecule has 0 aliphatic heterocycles. The van der Waals surface area contributed by atoms with Gasteiger partial charge in [-0.25, -0.2) is 14.4 Å². The summed E-state index contributed by atoms with van der Waals surface area (Å²) >= 11 is 5.95. The Bertz CT molecular complexity index is 1240. The van der Waals surface area contributed by atoms with Gasteiger partial charge in [0.05, 0.1) is 11.1 Å². The molecule has 0 aliphatic carbocycles. The van der Waals surface area contributed by atoms with E-state index in [-0.39, 0.29) is 16.8 Å². The van der Waals surface area contributed by atoms with Gasteiger partial charge in [-0.15, -0.1) is 0 Å². The number of hydrogen-bond donors (Lipinski definition) is 2. The summed E-state index contributed by atoms with van der Waals surface area (Å²) in [6, 6.07) is 18.5. The Labute approximate surface area is 206 Å². The molecule has 35 heavy (non-hydrogen) atoms. The highest BCUT2D eigenvalue weighted by atomic mass is 35.5. The van der Waals surface area contributed by atoms with Gasteiger partial charge in [0.15, 0.2) is 0 Å². The molecule has 3 aromatic rings. The van der Waals surface area contributed by atoms with E-state index in [1.807, 2.05) is 13.8 Å². The van der Waals surface area contributed by atoms with Crippen molar-refractivity contribution in [2.24, 2.45) is 0 Å². The molecular weight excluding hydrogens is 474 g/mol. The third-order valence-corrected chi connectivity index (χ3v) is 5.15. The highest BCUT2D eigenvalue weighted by molar-refractivity contribution is 6.30. The van der Waals surface area contributed by atoms with Gasteiger partial charge in [0.25, 0.3) is 5.91 Å². The van der Waals surface area contributed by atoms with Gasteiger partial charge in [-0.2, -0.15) is 0 Å². The molecular formula is C26H22ClNO7.